The van der Waals surface area contributed by atoms with Crippen LogP contribution in [0.4, 0.5) is 10.6 Å². The molecule has 0 bridgehead atoms. The fourth-order valence-corrected chi connectivity index (χ4v) is 7.02. The largest absolute Gasteiger partial charge is 0.468 e. The zero-order chi connectivity index (χ0) is 30.2. The molecular formula is C27H41N7O7S. The number of amides is 1. The molecule has 42 heavy (non-hydrogen) atoms. The summed E-state index contributed by atoms with van der Waals surface area (Å²) in [7, 11) is 1.40. The van der Waals surface area contributed by atoms with Gasteiger partial charge in [-0.15, -0.1) is 0 Å². The van der Waals surface area contributed by atoms with Crippen molar-refractivity contribution >= 4 is 40.8 Å². The lowest BCUT2D eigenvalue weighted by Crippen LogP contribution is -2.51. The maximum Gasteiger partial charge on any atom is 0.407 e. The molecule has 6 atom stereocenters. The fraction of sp³-hybridized carbons (Fsp3) is 0.741. The third-order valence-corrected chi connectivity index (χ3v) is 8.91. The number of hydrogen-bond donors (Lipinski definition) is 2. The van der Waals surface area contributed by atoms with Crippen LogP contribution in [0.15, 0.2) is 12.7 Å². The monoisotopic (exact) mass is 607 g/mol. The molecule has 5 heterocycles. The van der Waals surface area contributed by atoms with Crippen molar-refractivity contribution in [3.63, 3.8) is 0 Å². The Morgan fingerprint density at radius 1 is 1.21 bits per heavy atom. The van der Waals surface area contributed by atoms with Gasteiger partial charge in [0, 0.05) is 30.6 Å². The molecule has 0 aromatic carbocycles. The zero-order valence-electron chi connectivity index (χ0n) is 24.9. The van der Waals surface area contributed by atoms with Gasteiger partial charge in [0.15, 0.2) is 23.5 Å². The lowest BCUT2D eigenvalue weighted by molar-refractivity contribution is -0.193. The Morgan fingerprint density at radius 3 is 2.71 bits per heavy atom. The minimum Gasteiger partial charge on any atom is -0.468 e. The number of rotatable bonds is 8. The number of fused-ring (bicyclic) bond motifs is 2. The first-order valence-corrected chi connectivity index (χ1v) is 15.2. The van der Waals surface area contributed by atoms with Gasteiger partial charge in [0.1, 0.15) is 35.7 Å². The van der Waals surface area contributed by atoms with Gasteiger partial charge in [-0.25, -0.2) is 19.7 Å². The highest BCUT2D eigenvalue weighted by Crippen LogP contribution is 2.45. The summed E-state index contributed by atoms with van der Waals surface area (Å²) < 4.78 is 31.4. The van der Waals surface area contributed by atoms with E-state index >= 15 is 0 Å². The lowest BCUT2D eigenvalue weighted by Gasteiger charge is -2.38. The maximum atomic E-state index is 12.7. The van der Waals surface area contributed by atoms with Crippen molar-refractivity contribution in [2.24, 2.45) is 0 Å². The van der Waals surface area contributed by atoms with Gasteiger partial charge in [0.05, 0.1) is 19.5 Å². The Morgan fingerprint density at radius 2 is 1.98 bits per heavy atom. The first-order chi connectivity index (χ1) is 19.8. The normalized spacial score (nSPS) is 29.4. The number of thioether (sulfide) groups is 1. The number of nitrogens with zero attached hydrogens (tertiary/aromatic N) is 5. The minimum absolute atomic E-state index is 0.210. The molecule has 2 aromatic rings. The summed E-state index contributed by atoms with van der Waals surface area (Å²) in [6.45, 7) is 10.8. The highest BCUT2D eigenvalue weighted by molar-refractivity contribution is 7.99. The van der Waals surface area contributed by atoms with E-state index in [4.69, 9.17) is 29.4 Å². The van der Waals surface area contributed by atoms with Gasteiger partial charge < -0.3 is 34.7 Å². The van der Waals surface area contributed by atoms with Crippen LogP contribution in [-0.2, 0) is 28.5 Å². The van der Waals surface area contributed by atoms with Crippen LogP contribution in [0.2, 0.25) is 0 Å². The van der Waals surface area contributed by atoms with Gasteiger partial charge in [-0.3, -0.25) is 14.3 Å². The molecule has 3 aliphatic rings. The number of nitrogen functional groups attached to an aromatic ring is 1. The third-order valence-electron chi connectivity index (χ3n) is 7.49. The van der Waals surface area contributed by atoms with Crippen LogP contribution in [0.1, 0.15) is 53.7 Å². The molecule has 2 aromatic heterocycles. The SMILES string of the molecule is COC(=O)C1CC(SC[C@H]2O[C@@H](n3cnc4c(N)ncnc43)C3OC(C)(C)OC32)CCN1CCNC(=O)OC(C)(C)C. The molecule has 0 aliphatic carbocycles. The van der Waals surface area contributed by atoms with Crippen molar-refractivity contribution in [1.29, 1.82) is 0 Å². The number of alkyl carbamates (subject to hydrolysis) is 1. The average Bonchev–Trinajstić information content (AvgIpc) is 3.57. The summed E-state index contributed by atoms with van der Waals surface area (Å²) in [4.78, 5) is 39.6. The van der Waals surface area contributed by atoms with Gasteiger partial charge in [0.2, 0.25) is 0 Å². The summed E-state index contributed by atoms with van der Waals surface area (Å²) in [6, 6.07) is -0.404. The van der Waals surface area contributed by atoms with Gasteiger partial charge in [-0.1, -0.05) is 0 Å². The number of imidazole rings is 1. The molecule has 3 saturated heterocycles. The Kier molecular flexibility index (Phi) is 8.86. The van der Waals surface area contributed by atoms with Gasteiger partial charge in [-0.05, 0) is 47.5 Å². The molecule has 0 saturated carbocycles. The van der Waals surface area contributed by atoms with Crippen LogP contribution >= 0.6 is 11.8 Å². The van der Waals surface area contributed by atoms with E-state index in [0.29, 0.717) is 48.8 Å². The zero-order valence-corrected chi connectivity index (χ0v) is 25.8. The summed E-state index contributed by atoms with van der Waals surface area (Å²) in [5, 5.41) is 2.98. The van der Waals surface area contributed by atoms with E-state index < -0.39 is 29.8 Å². The van der Waals surface area contributed by atoms with Crippen molar-refractivity contribution in [3.05, 3.63) is 12.7 Å². The van der Waals surface area contributed by atoms with Crippen LogP contribution in [0, 0.1) is 0 Å². The second-order valence-corrected chi connectivity index (χ2v) is 13.5. The van der Waals surface area contributed by atoms with E-state index in [2.05, 4.69) is 25.2 Å². The second kappa shape index (κ2) is 12.1. The molecule has 14 nitrogen and oxygen atoms in total. The number of piperidine rings is 1. The molecule has 4 unspecified atom stereocenters. The van der Waals surface area contributed by atoms with E-state index in [9.17, 15) is 9.59 Å². The number of methoxy groups -OCH3 is 1. The second-order valence-electron chi connectivity index (χ2n) is 12.2. The van der Waals surface area contributed by atoms with E-state index in [1.807, 2.05) is 39.2 Å². The predicted molar refractivity (Wildman–Crippen MR) is 155 cm³/mol. The number of likely N-dealkylation sites (tertiary alicyclic amines) is 1. The Balaban J connectivity index is 1.20. The lowest BCUT2D eigenvalue weighted by atomic mass is 10.0. The number of carbonyl (C=O) groups is 2. The van der Waals surface area contributed by atoms with Crippen molar-refractivity contribution in [1.82, 2.24) is 29.7 Å². The van der Waals surface area contributed by atoms with Crippen LogP contribution in [0.5, 0.6) is 0 Å². The molecule has 232 valence electrons. The van der Waals surface area contributed by atoms with Crippen LogP contribution in [-0.4, -0.2) is 110 Å². The van der Waals surface area contributed by atoms with Crippen LogP contribution in [0.3, 0.4) is 0 Å². The summed E-state index contributed by atoms with van der Waals surface area (Å²) >= 11 is 1.76. The molecule has 3 aliphatic heterocycles. The molecule has 0 radical (unpaired) electrons. The number of aromatic nitrogens is 4. The molecule has 5 rings (SSSR count). The molecule has 3 N–H and O–H groups in total. The number of esters is 1. The predicted octanol–water partition coefficient (Wildman–Crippen LogP) is 2.09. The van der Waals surface area contributed by atoms with Crippen LogP contribution in [0.25, 0.3) is 11.2 Å². The Bertz CT molecular complexity index is 1290. The van der Waals surface area contributed by atoms with Gasteiger partial charge in [0.25, 0.3) is 0 Å². The first kappa shape index (κ1) is 30.7. The Hall–Kier alpha value is -2.72. The van der Waals surface area contributed by atoms with E-state index in [1.54, 1.807) is 18.1 Å². The highest BCUT2D eigenvalue weighted by Gasteiger charge is 2.56. The third kappa shape index (κ3) is 6.75. The summed E-state index contributed by atoms with van der Waals surface area (Å²) in [5.41, 5.74) is 6.51. The first-order valence-electron chi connectivity index (χ1n) is 14.2. The quantitative estimate of drug-likeness (QED) is 0.420. The number of hydrogen-bond acceptors (Lipinski definition) is 13. The number of anilines is 1. The number of carbonyl (C=O) groups excluding carboxylic acids is 2. The standard InChI is InChI=1S/C27H41N7O7S/c1-26(2,3)41-25(36)29-8-10-33-9-7-15(11-16(33)24(35)37-6)42-12-17-19-20(40-27(4,5)39-19)23(38-17)34-14-32-18-21(28)30-13-31-22(18)34/h13-17,19-20,23H,7-12H2,1-6H3,(H,29,36)(H2,28,30,31)/t15?,16?,17-,19?,20?,23-/m1/s1. The van der Waals surface area contributed by atoms with E-state index in [-0.39, 0.29) is 29.5 Å². The Labute approximate surface area is 249 Å². The van der Waals surface area contributed by atoms with E-state index in [1.165, 1.54) is 13.4 Å². The molecule has 15 heteroatoms. The van der Waals surface area contributed by atoms with Gasteiger partial charge in [-0.2, -0.15) is 11.8 Å². The van der Waals surface area contributed by atoms with Crippen molar-refractivity contribution in [3.8, 4) is 0 Å². The highest BCUT2D eigenvalue weighted by atomic mass is 32.2. The van der Waals surface area contributed by atoms with Crippen molar-refractivity contribution in [2.75, 3.05) is 38.2 Å². The van der Waals surface area contributed by atoms with Crippen molar-refractivity contribution < 1.29 is 33.3 Å². The molecule has 0 spiro atoms. The average molecular weight is 608 g/mol. The molecule has 1 amide bonds. The minimum atomic E-state index is -0.765. The molecule has 3 fully saturated rings. The fourth-order valence-electron chi connectivity index (χ4n) is 5.70. The van der Waals surface area contributed by atoms with Crippen molar-refractivity contribution in [2.45, 2.75) is 94.7 Å². The number of nitrogens with one attached hydrogen (secondary N) is 1. The summed E-state index contributed by atoms with van der Waals surface area (Å²) in [5.74, 6) is -0.0901. The topological polar surface area (TPSA) is 165 Å². The summed E-state index contributed by atoms with van der Waals surface area (Å²) in [6.07, 6.45) is 2.68. The number of ether oxygens (including phenoxy) is 5. The van der Waals surface area contributed by atoms with E-state index in [0.717, 1.165) is 6.42 Å². The van der Waals surface area contributed by atoms with Crippen LogP contribution < -0.4 is 11.1 Å². The molecular weight excluding hydrogens is 566 g/mol. The smallest absolute Gasteiger partial charge is 0.407 e. The van der Waals surface area contributed by atoms with Gasteiger partial charge >= 0.3 is 12.1 Å². The number of nitrogens with two attached hydrogens (primary N) is 1. The maximum absolute atomic E-state index is 12.7.